The molecular formula is C14H18F2N2O. The summed E-state index contributed by atoms with van der Waals surface area (Å²) in [6, 6.07) is 3.54. The molecule has 0 saturated carbocycles. The lowest BCUT2D eigenvalue weighted by atomic mass is 9.90. The van der Waals surface area contributed by atoms with E-state index in [2.05, 4.69) is 0 Å². The molecule has 3 nitrogen and oxygen atoms in total. The van der Waals surface area contributed by atoms with Crippen LogP contribution in [0.3, 0.4) is 0 Å². The van der Waals surface area contributed by atoms with Crippen LogP contribution in [0.2, 0.25) is 0 Å². The molecule has 1 aliphatic heterocycles. The molecule has 1 fully saturated rings. The van der Waals surface area contributed by atoms with Gasteiger partial charge in [-0.05, 0) is 37.8 Å². The van der Waals surface area contributed by atoms with Gasteiger partial charge in [0, 0.05) is 19.1 Å². The minimum absolute atomic E-state index is 0.0856. The highest BCUT2D eigenvalue weighted by Gasteiger charge is 2.28. The van der Waals surface area contributed by atoms with E-state index in [-0.39, 0.29) is 6.04 Å². The van der Waals surface area contributed by atoms with E-state index in [0.717, 1.165) is 25.0 Å². The number of likely N-dealkylation sites (tertiary alicyclic amines) is 1. The summed E-state index contributed by atoms with van der Waals surface area (Å²) < 4.78 is 27.1. The molecule has 2 rings (SSSR count). The molecule has 0 radical (unpaired) electrons. The topological polar surface area (TPSA) is 46.3 Å². The van der Waals surface area contributed by atoms with Crippen LogP contribution in [-0.2, 0) is 0 Å². The average molecular weight is 268 g/mol. The fraction of sp³-hybridized carbons (Fsp3) is 0.500. The molecular weight excluding hydrogens is 250 g/mol. The number of hydrogen-bond acceptors (Lipinski definition) is 2. The molecule has 19 heavy (non-hydrogen) atoms. The van der Waals surface area contributed by atoms with Crippen LogP contribution in [0.15, 0.2) is 18.2 Å². The number of hydrogen-bond donors (Lipinski definition) is 1. The molecule has 1 atom stereocenters. The Morgan fingerprint density at radius 1 is 1.32 bits per heavy atom. The Morgan fingerprint density at radius 2 is 1.84 bits per heavy atom. The van der Waals surface area contributed by atoms with Crippen molar-refractivity contribution in [3.05, 3.63) is 35.4 Å². The van der Waals surface area contributed by atoms with E-state index in [1.807, 2.05) is 6.92 Å². The molecule has 1 aromatic rings. The Bertz CT molecular complexity index is 448. The number of carbonyl (C=O) groups excluding carboxylic acids is 1. The summed E-state index contributed by atoms with van der Waals surface area (Å²) in [5, 5.41) is 0. The number of benzene rings is 1. The van der Waals surface area contributed by atoms with E-state index < -0.39 is 23.1 Å². The summed E-state index contributed by atoms with van der Waals surface area (Å²) in [4.78, 5) is 13.6. The molecule has 0 spiro atoms. The maximum Gasteiger partial charge on any atom is 0.259 e. The molecule has 0 aromatic heterocycles. The summed E-state index contributed by atoms with van der Waals surface area (Å²) in [5.41, 5.74) is 5.37. The van der Waals surface area contributed by atoms with Crippen LogP contribution in [0.4, 0.5) is 8.78 Å². The number of halogens is 2. The molecule has 0 aliphatic carbocycles. The highest BCUT2D eigenvalue weighted by Crippen LogP contribution is 2.22. The molecule has 1 aliphatic rings. The minimum atomic E-state index is -0.806. The average Bonchev–Trinajstić information content (AvgIpc) is 2.38. The zero-order valence-corrected chi connectivity index (χ0v) is 10.9. The van der Waals surface area contributed by atoms with E-state index in [1.165, 1.54) is 11.0 Å². The Morgan fingerprint density at radius 3 is 2.32 bits per heavy atom. The van der Waals surface area contributed by atoms with Gasteiger partial charge in [-0.3, -0.25) is 4.79 Å². The smallest absolute Gasteiger partial charge is 0.259 e. The van der Waals surface area contributed by atoms with E-state index in [0.29, 0.717) is 19.0 Å². The molecule has 5 heteroatoms. The number of nitrogens with zero attached hydrogens (tertiary/aromatic N) is 1. The van der Waals surface area contributed by atoms with Crippen molar-refractivity contribution >= 4 is 5.91 Å². The van der Waals surface area contributed by atoms with Gasteiger partial charge < -0.3 is 10.6 Å². The van der Waals surface area contributed by atoms with Crippen LogP contribution < -0.4 is 5.73 Å². The lowest BCUT2D eigenvalue weighted by molar-refractivity contribution is 0.0671. The SMILES string of the molecule is CC(N)C1CCN(C(=O)c2c(F)cccc2F)CC1. The monoisotopic (exact) mass is 268 g/mol. The molecule has 0 bridgehead atoms. The van der Waals surface area contributed by atoms with Crippen LogP contribution in [0.25, 0.3) is 0 Å². The van der Waals surface area contributed by atoms with Crippen molar-refractivity contribution in [1.29, 1.82) is 0 Å². The zero-order chi connectivity index (χ0) is 14.0. The zero-order valence-electron chi connectivity index (χ0n) is 10.9. The summed E-state index contributed by atoms with van der Waals surface area (Å²) in [5.74, 6) is -1.81. The van der Waals surface area contributed by atoms with Gasteiger partial charge in [-0.15, -0.1) is 0 Å². The van der Waals surface area contributed by atoms with Crippen LogP contribution in [0.1, 0.15) is 30.1 Å². The summed E-state index contributed by atoms with van der Waals surface area (Å²) in [6.45, 7) is 2.94. The first-order chi connectivity index (χ1) is 9.00. The Kier molecular flexibility index (Phi) is 4.14. The van der Waals surface area contributed by atoms with Gasteiger partial charge in [0.1, 0.15) is 17.2 Å². The first-order valence-electron chi connectivity index (χ1n) is 6.49. The molecule has 1 saturated heterocycles. The third-order valence-electron chi connectivity index (χ3n) is 3.75. The fourth-order valence-electron chi connectivity index (χ4n) is 2.49. The molecule has 2 N–H and O–H groups in total. The second kappa shape index (κ2) is 5.65. The fourth-order valence-corrected chi connectivity index (χ4v) is 2.49. The molecule has 1 heterocycles. The summed E-state index contributed by atoms with van der Waals surface area (Å²) >= 11 is 0. The van der Waals surface area contributed by atoms with Crippen LogP contribution in [-0.4, -0.2) is 29.9 Å². The van der Waals surface area contributed by atoms with Crippen molar-refractivity contribution in [3.8, 4) is 0 Å². The van der Waals surface area contributed by atoms with E-state index in [9.17, 15) is 13.6 Å². The number of rotatable bonds is 2. The third kappa shape index (κ3) is 2.92. The summed E-state index contributed by atoms with van der Waals surface area (Å²) in [7, 11) is 0. The third-order valence-corrected chi connectivity index (χ3v) is 3.75. The molecule has 104 valence electrons. The minimum Gasteiger partial charge on any atom is -0.338 e. The Hall–Kier alpha value is -1.49. The first kappa shape index (κ1) is 13.9. The number of carbonyl (C=O) groups is 1. The van der Waals surface area contributed by atoms with Gasteiger partial charge in [0.15, 0.2) is 0 Å². The largest absolute Gasteiger partial charge is 0.338 e. The lowest BCUT2D eigenvalue weighted by Crippen LogP contribution is -2.43. The Labute approximate surface area is 111 Å². The maximum atomic E-state index is 13.6. The highest BCUT2D eigenvalue weighted by atomic mass is 19.1. The lowest BCUT2D eigenvalue weighted by Gasteiger charge is -2.33. The van der Waals surface area contributed by atoms with Gasteiger partial charge in [-0.2, -0.15) is 0 Å². The normalized spacial score (nSPS) is 18.4. The van der Waals surface area contributed by atoms with Gasteiger partial charge >= 0.3 is 0 Å². The van der Waals surface area contributed by atoms with Crippen molar-refractivity contribution in [3.63, 3.8) is 0 Å². The number of nitrogens with two attached hydrogens (primary N) is 1. The number of amides is 1. The van der Waals surface area contributed by atoms with Gasteiger partial charge in [-0.25, -0.2) is 8.78 Å². The van der Waals surface area contributed by atoms with Crippen molar-refractivity contribution < 1.29 is 13.6 Å². The predicted molar refractivity (Wildman–Crippen MR) is 68.6 cm³/mol. The quantitative estimate of drug-likeness (QED) is 0.893. The summed E-state index contributed by atoms with van der Waals surface area (Å²) in [6.07, 6.45) is 1.55. The predicted octanol–water partition coefficient (Wildman–Crippen LogP) is 2.16. The van der Waals surface area contributed by atoms with Crippen molar-refractivity contribution in [2.75, 3.05) is 13.1 Å². The molecule has 1 amide bonds. The standard InChI is InChI=1S/C14H18F2N2O/c1-9(17)10-5-7-18(8-6-10)14(19)13-11(15)3-2-4-12(13)16/h2-4,9-10H,5-8,17H2,1H3. The van der Waals surface area contributed by atoms with Crippen molar-refractivity contribution in [2.45, 2.75) is 25.8 Å². The van der Waals surface area contributed by atoms with Crippen LogP contribution in [0.5, 0.6) is 0 Å². The number of piperidine rings is 1. The van der Waals surface area contributed by atoms with Crippen molar-refractivity contribution in [2.24, 2.45) is 11.7 Å². The van der Waals surface area contributed by atoms with Gasteiger partial charge in [0.05, 0.1) is 0 Å². The van der Waals surface area contributed by atoms with Gasteiger partial charge in [0.2, 0.25) is 0 Å². The van der Waals surface area contributed by atoms with E-state index in [4.69, 9.17) is 5.73 Å². The first-order valence-corrected chi connectivity index (χ1v) is 6.49. The highest BCUT2D eigenvalue weighted by molar-refractivity contribution is 5.94. The second-order valence-electron chi connectivity index (χ2n) is 5.09. The van der Waals surface area contributed by atoms with Gasteiger partial charge in [-0.1, -0.05) is 6.07 Å². The van der Waals surface area contributed by atoms with E-state index >= 15 is 0 Å². The Balaban J connectivity index is 2.10. The second-order valence-corrected chi connectivity index (χ2v) is 5.09. The van der Waals surface area contributed by atoms with Crippen LogP contribution in [0, 0.1) is 17.6 Å². The molecule has 1 aromatic carbocycles. The maximum absolute atomic E-state index is 13.6. The molecule has 1 unspecified atom stereocenters. The van der Waals surface area contributed by atoms with Crippen LogP contribution >= 0.6 is 0 Å². The van der Waals surface area contributed by atoms with Crippen molar-refractivity contribution in [1.82, 2.24) is 4.90 Å². The van der Waals surface area contributed by atoms with E-state index in [1.54, 1.807) is 0 Å². The van der Waals surface area contributed by atoms with Gasteiger partial charge in [0.25, 0.3) is 5.91 Å².